The molecule has 158 valence electrons. The van der Waals surface area contributed by atoms with E-state index in [0.717, 1.165) is 5.56 Å². The lowest BCUT2D eigenvalue weighted by Gasteiger charge is -2.22. The average molecular weight is 516 g/mol. The van der Waals surface area contributed by atoms with E-state index in [9.17, 15) is 13.6 Å². The number of hydrogen-bond acceptors (Lipinski definition) is 2. The Kier molecular flexibility index (Phi) is 11.2. The minimum absolute atomic E-state index is 0. The molecule has 0 aliphatic heterocycles. The molecule has 0 aromatic heterocycles. The van der Waals surface area contributed by atoms with E-state index >= 15 is 0 Å². The number of hydrogen-bond donors (Lipinski definition) is 2. The van der Waals surface area contributed by atoms with Crippen LogP contribution in [0.3, 0.4) is 0 Å². The molecule has 8 heteroatoms. The van der Waals surface area contributed by atoms with E-state index in [2.05, 4.69) is 15.6 Å². The number of carbonyl (C=O) groups excluding carboxylic acids is 1. The van der Waals surface area contributed by atoms with Gasteiger partial charge in [-0.25, -0.2) is 8.78 Å². The number of guanidine groups is 1. The third-order valence-corrected chi connectivity index (χ3v) is 3.95. The highest BCUT2D eigenvalue weighted by molar-refractivity contribution is 14.0. The Labute approximate surface area is 187 Å². The fraction of sp³-hybridized carbons (Fsp3) is 0.333. The largest absolute Gasteiger partial charge is 0.357 e. The first-order valence-electron chi connectivity index (χ1n) is 9.23. The van der Waals surface area contributed by atoms with Crippen LogP contribution in [0.2, 0.25) is 0 Å². The van der Waals surface area contributed by atoms with Crippen molar-refractivity contribution < 1.29 is 13.6 Å². The lowest BCUT2D eigenvalue weighted by atomic mass is 10.1. The predicted octanol–water partition coefficient (Wildman–Crippen LogP) is 3.34. The molecule has 0 heterocycles. The molecule has 2 rings (SSSR count). The van der Waals surface area contributed by atoms with Crippen molar-refractivity contribution in [1.29, 1.82) is 0 Å². The SMILES string of the molecule is CCNC(=NCCNC(=O)Cc1cccc(F)c1)N(C)Cc1cccc(F)c1.I. The van der Waals surface area contributed by atoms with Gasteiger partial charge in [-0.05, 0) is 42.3 Å². The normalized spacial score (nSPS) is 10.8. The van der Waals surface area contributed by atoms with Crippen molar-refractivity contribution in [2.24, 2.45) is 4.99 Å². The van der Waals surface area contributed by atoms with Crippen molar-refractivity contribution in [3.05, 3.63) is 71.3 Å². The summed E-state index contributed by atoms with van der Waals surface area (Å²) in [6, 6.07) is 12.4. The topological polar surface area (TPSA) is 56.7 Å². The van der Waals surface area contributed by atoms with Gasteiger partial charge in [-0.3, -0.25) is 9.79 Å². The van der Waals surface area contributed by atoms with Gasteiger partial charge in [0.25, 0.3) is 0 Å². The molecule has 5 nitrogen and oxygen atoms in total. The van der Waals surface area contributed by atoms with Gasteiger partial charge in [0.1, 0.15) is 11.6 Å². The number of halogens is 3. The second-order valence-corrected chi connectivity index (χ2v) is 6.38. The zero-order chi connectivity index (χ0) is 20.4. The molecule has 0 radical (unpaired) electrons. The van der Waals surface area contributed by atoms with Crippen molar-refractivity contribution in [3.8, 4) is 0 Å². The Bertz CT molecular complexity index is 817. The zero-order valence-corrected chi connectivity index (χ0v) is 19.0. The smallest absolute Gasteiger partial charge is 0.224 e. The first-order chi connectivity index (χ1) is 13.5. The molecular weight excluding hydrogens is 489 g/mol. The van der Waals surface area contributed by atoms with E-state index in [4.69, 9.17) is 0 Å². The molecule has 0 aliphatic carbocycles. The summed E-state index contributed by atoms with van der Waals surface area (Å²) in [5.74, 6) is -0.134. The quantitative estimate of drug-likeness (QED) is 0.245. The van der Waals surface area contributed by atoms with Crippen molar-refractivity contribution in [3.63, 3.8) is 0 Å². The molecule has 2 N–H and O–H groups in total. The van der Waals surface area contributed by atoms with Crippen LogP contribution in [0.15, 0.2) is 53.5 Å². The van der Waals surface area contributed by atoms with Gasteiger partial charge in [0.15, 0.2) is 5.96 Å². The van der Waals surface area contributed by atoms with Crippen LogP contribution >= 0.6 is 24.0 Å². The summed E-state index contributed by atoms with van der Waals surface area (Å²) in [4.78, 5) is 18.3. The Balaban J connectivity index is 0.00000420. The van der Waals surface area contributed by atoms with Crippen LogP contribution in [-0.2, 0) is 17.8 Å². The molecule has 29 heavy (non-hydrogen) atoms. The average Bonchev–Trinajstić information content (AvgIpc) is 2.64. The van der Waals surface area contributed by atoms with Gasteiger partial charge in [0.2, 0.25) is 5.91 Å². The number of aliphatic imine (C=N–C) groups is 1. The first kappa shape index (κ1) is 24.8. The van der Waals surface area contributed by atoms with E-state index in [1.807, 2.05) is 24.9 Å². The summed E-state index contributed by atoms with van der Waals surface area (Å²) in [5.41, 5.74) is 1.47. The van der Waals surface area contributed by atoms with Crippen molar-refractivity contribution in [1.82, 2.24) is 15.5 Å². The number of amides is 1. The Morgan fingerprint density at radius 1 is 1.03 bits per heavy atom. The van der Waals surface area contributed by atoms with E-state index in [-0.39, 0.29) is 47.9 Å². The molecule has 1 amide bonds. The van der Waals surface area contributed by atoms with Crippen LogP contribution in [0, 0.1) is 11.6 Å². The van der Waals surface area contributed by atoms with Crippen LogP contribution in [0.4, 0.5) is 8.78 Å². The summed E-state index contributed by atoms with van der Waals surface area (Å²) >= 11 is 0. The van der Waals surface area contributed by atoms with Gasteiger partial charge in [-0.1, -0.05) is 24.3 Å². The Morgan fingerprint density at radius 3 is 2.28 bits per heavy atom. The van der Waals surface area contributed by atoms with E-state index in [0.29, 0.717) is 37.7 Å². The van der Waals surface area contributed by atoms with Gasteiger partial charge in [0, 0.05) is 26.7 Å². The summed E-state index contributed by atoms with van der Waals surface area (Å²) in [6.45, 7) is 3.93. The highest BCUT2D eigenvalue weighted by atomic mass is 127. The number of rotatable bonds is 8. The molecule has 0 saturated carbocycles. The number of benzene rings is 2. The van der Waals surface area contributed by atoms with Gasteiger partial charge < -0.3 is 15.5 Å². The molecule has 0 fully saturated rings. The zero-order valence-electron chi connectivity index (χ0n) is 16.6. The van der Waals surface area contributed by atoms with Gasteiger partial charge >= 0.3 is 0 Å². The molecule has 0 atom stereocenters. The maximum absolute atomic E-state index is 13.3. The molecule has 0 spiro atoms. The van der Waals surface area contributed by atoms with Crippen molar-refractivity contribution in [2.45, 2.75) is 19.9 Å². The van der Waals surface area contributed by atoms with E-state index < -0.39 is 0 Å². The Hall–Kier alpha value is -2.23. The highest BCUT2D eigenvalue weighted by Crippen LogP contribution is 2.06. The molecule has 0 bridgehead atoms. The minimum atomic E-state index is -0.355. The fourth-order valence-corrected chi connectivity index (χ4v) is 2.71. The molecule has 0 saturated heterocycles. The second kappa shape index (κ2) is 13.1. The third kappa shape index (κ3) is 9.21. The Morgan fingerprint density at radius 2 is 1.66 bits per heavy atom. The standard InChI is InChI=1S/C21H26F2N4O.HI/c1-3-24-21(27(2)15-17-7-5-9-19(23)13-17)26-11-10-25-20(28)14-16-6-4-8-18(22)12-16;/h4-9,12-13H,3,10-11,14-15H2,1-2H3,(H,24,26)(H,25,28);1H. The second-order valence-electron chi connectivity index (χ2n) is 6.38. The van der Waals surface area contributed by atoms with Gasteiger partial charge in [0.05, 0.1) is 13.0 Å². The maximum atomic E-state index is 13.3. The minimum Gasteiger partial charge on any atom is -0.357 e. The molecule has 2 aromatic rings. The lowest BCUT2D eigenvalue weighted by molar-refractivity contribution is -0.120. The van der Waals surface area contributed by atoms with Crippen LogP contribution in [0.1, 0.15) is 18.1 Å². The molecular formula is C21H27F2IN4O. The fourth-order valence-electron chi connectivity index (χ4n) is 2.71. The van der Waals surface area contributed by atoms with E-state index in [1.54, 1.807) is 18.2 Å². The van der Waals surface area contributed by atoms with Crippen LogP contribution < -0.4 is 10.6 Å². The molecule has 0 unspecified atom stereocenters. The molecule has 2 aromatic carbocycles. The summed E-state index contributed by atoms with van der Waals surface area (Å²) in [7, 11) is 1.87. The van der Waals surface area contributed by atoms with Crippen LogP contribution in [0.25, 0.3) is 0 Å². The predicted molar refractivity (Wildman–Crippen MR) is 122 cm³/mol. The number of nitrogens with one attached hydrogen (secondary N) is 2. The van der Waals surface area contributed by atoms with Crippen LogP contribution in [0.5, 0.6) is 0 Å². The highest BCUT2D eigenvalue weighted by Gasteiger charge is 2.08. The molecule has 0 aliphatic rings. The summed E-state index contributed by atoms with van der Waals surface area (Å²) in [6.07, 6.45) is 0.126. The summed E-state index contributed by atoms with van der Waals surface area (Å²) < 4.78 is 26.5. The van der Waals surface area contributed by atoms with E-state index in [1.165, 1.54) is 24.3 Å². The maximum Gasteiger partial charge on any atom is 0.224 e. The van der Waals surface area contributed by atoms with Gasteiger partial charge in [-0.15, -0.1) is 24.0 Å². The lowest BCUT2D eigenvalue weighted by Crippen LogP contribution is -2.39. The van der Waals surface area contributed by atoms with Crippen molar-refractivity contribution in [2.75, 3.05) is 26.7 Å². The number of nitrogens with zero attached hydrogens (tertiary/aromatic N) is 2. The first-order valence-corrected chi connectivity index (χ1v) is 9.23. The van der Waals surface area contributed by atoms with Crippen molar-refractivity contribution >= 4 is 35.8 Å². The number of carbonyl (C=O) groups is 1. The third-order valence-electron chi connectivity index (χ3n) is 3.95. The van der Waals surface area contributed by atoms with Crippen LogP contribution in [-0.4, -0.2) is 43.4 Å². The summed E-state index contributed by atoms with van der Waals surface area (Å²) in [5, 5.41) is 5.96. The van der Waals surface area contributed by atoms with Gasteiger partial charge in [-0.2, -0.15) is 0 Å². The monoisotopic (exact) mass is 516 g/mol.